The maximum Gasteiger partial charge on any atom is 0.412 e. The highest BCUT2D eigenvalue weighted by molar-refractivity contribution is 7.16. The standard InChI is InChI=1S/C30H26Cl2FNO5S/c1-16(21-10-8-20(33)14-23(21)31)39-29(37)34-24-15-26(32)40-27(24)18-5-9-22(25(13-18)38-2)17-3-6-19(7-4-17)30(11-12-30)28(35)36/h3-4,6-10,13-16,18H,5,11-12H2,1-2H3,(H,34,37)(H,35,36)/t16-,18?/m1/s1. The molecule has 2 atom stereocenters. The molecule has 3 aromatic rings. The van der Waals surface area contributed by atoms with Crippen LogP contribution in [0.2, 0.25) is 9.36 Å². The predicted molar refractivity (Wildman–Crippen MR) is 155 cm³/mol. The number of hydrogen-bond donors (Lipinski definition) is 2. The number of carboxylic acids is 1. The van der Waals surface area contributed by atoms with Crippen molar-refractivity contribution in [2.45, 2.75) is 43.6 Å². The van der Waals surface area contributed by atoms with Crippen molar-refractivity contribution >= 4 is 57.9 Å². The number of carbonyl (C=O) groups excluding carboxylic acids is 1. The lowest BCUT2D eigenvalue weighted by Gasteiger charge is -2.22. The Morgan fingerprint density at radius 2 is 1.88 bits per heavy atom. The summed E-state index contributed by atoms with van der Waals surface area (Å²) in [5.41, 5.74) is 2.91. The highest BCUT2D eigenvalue weighted by atomic mass is 35.5. The Morgan fingerprint density at radius 3 is 2.50 bits per heavy atom. The van der Waals surface area contributed by atoms with Gasteiger partial charge in [-0.1, -0.05) is 59.6 Å². The Bertz CT molecular complexity index is 1530. The van der Waals surface area contributed by atoms with Gasteiger partial charge in [-0.25, -0.2) is 9.18 Å². The lowest BCUT2D eigenvalue weighted by atomic mass is 9.88. The molecule has 0 saturated heterocycles. The van der Waals surface area contributed by atoms with Crippen LogP contribution in [0.15, 0.2) is 66.4 Å². The van der Waals surface area contributed by atoms with Crippen LogP contribution in [0.3, 0.4) is 0 Å². The smallest absolute Gasteiger partial charge is 0.412 e. The van der Waals surface area contributed by atoms with Gasteiger partial charge in [-0.15, -0.1) is 11.3 Å². The molecule has 208 valence electrons. The third kappa shape index (κ3) is 5.61. The summed E-state index contributed by atoms with van der Waals surface area (Å²) in [6.45, 7) is 1.65. The quantitative estimate of drug-likeness (QED) is 0.269. The zero-order valence-corrected chi connectivity index (χ0v) is 24.0. The van der Waals surface area contributed by atoms with Crippen LogP contribution >= 0.6 is 34.5 Å². The summed E-state index contributed by atoms with van der Waals surface area (Å²) in [7, 11) is 1.60. The summed E-state index contributed by atoms with van der Waals surface area (Å²) < 4.78 is 25.1. The second-order valence-corrected chi connectivity index (χ2v) is 11.9. The summed E-state index contributed by atoms with van der Waals surface area (Å²) in [6.07, 6.45) is 4.59. The fourth-order valence-corrected chi connectivity index (χ4v) is 6.57. The zero-order chi connectivity index (χ0) is 28.6. The molecule has 0 radical (unpaired) electrons. The number of methoxy groups -OCH3 is 1. The molecule has 1 aromatic heterocycles. The molecule has 5 rings (SSSR count). The molecule has 0 spiro atoms. The van der Waals surface area contributed by atoms with Gasteiger partial charge in [0.05, 0.1) is 27.6 Å². The van der Waals surface area contributed by atoms with Crippen molar-refractivity contribution in [1.29, 1.82) is 0 Å². The first-order chi connectivity index (χ1) is 19.1. The number of aliphatic carboxylic acids is 1. The Labute approximate surface area is 245 Å². The van der Waals surface area contributed by atoms with Gasteiger partial charge >= 0.3 is 12.1 Å². The average molecular weight is 603 g/mol. The molecular formula is C30H26Cl2FNO5S. The molecular weight excluding hydrogens is 576 g/mol. The number of rotatable bonds is 8. The highest BCUT2D eigenvalue weighted by Crippen LogP contribution is 2.49. The van der Waals surface area contributed by atoms with Gasteiger partial charge in [0.15, 0.2) is 0 Å². The van der Waals surface area contributed by atoms with Gasteiger partial charge in [0.25, 0.3) is 0 Å². The minimum absolute atomic E-state index is 0.114. The van der Waals surface area contributed by atoms with Crippen LogP contribution in [0.25, 0.3) is 5.57 Å². The van der Waals surface area contributed by atoms with E-state index in [0.29, 0.717) is 40.6 Å². The lowest BCUT2D eigenvalue weighted by Crippen LogP contribution is -2.19. The molecule has 0 bridgehead atoms. The largest absolute Gasteiger partial charge is 0.496 e. The molecule has 2 N–H and O–H groups in total. The number of benzene rings is 2. The van der Waals surface area contributed by atoms with Crippen LogP contribution < -0.4 is 5.32 Å². The van der Waals surface area contributed by atoms with Crippen LogP contribution in [0, 0.1) is 5.82 Å². The number of allylic oxidation sites excluding steroid dienone is 3. The number of carbonyl (C=O) groups is 2. The lowest BCUT2D eigenvalue weighted by molar-refractivity contribution is -0.140. The zero-order valence-electron chi connectivity index (χ0n) is 21.7. The van der Waals surface area contributed by atoms with Gasteiger partial charge in [-0.05, 0) is 61.6 Å². The summed E-state index contributed by atoms with van der Waals surface area (Å²) in [6, 6.07) is 13.2. The van der Waals surface area contributed by atoms with Crippen molar-refractivity contribution in [1.82, 2.24) is 0 Å². The Kier molecular flexibility index (Phi) is 7.95. The van der Waals surface area contributed by atoms with Gasteiger partial charge in [-0.3, -0.25) is 10.1 Å². The van der Waals surface area contributed by atoms with E-state index in [1.165, 1.54) is 29.5 Å². The van der Waals surface area contributed by atoms with E-state index in [0.717, 1.165) is 21.6 Å². The van der Waals surface area contributed by atoms with E-state index in [1.807, 2.05) is 30.3 Å². The van der Waals surface area contributed by atoms with Crippen LogP contribution in [-0.4, -0.2) is 24.3 Å². The Morgan fingerprint density at radius 1 is 1.15 bits per heavy atom. The van der Waals surface area contributed by atoms with Crippen LogP contribution in [-0.2, 0) is 19.7 Å². The summed E-state index contributed by atoms with van der Waals surface area (Å²) in [5, 5.41) is 12.5. The minimum Gasteiger partial charge on any atom is -0.496 e. The molecule has 2 aromatic carbocycles. The summed E-state index contributed by atoms with van der Waals surface area (Å²) in [5.74, 6) is -0.704. The first-order valence-electron chi connectivity index (χ1n) is 12.6. The molecule has 1 unspecified atom stereocenters. The van der Waals surface area contributed by atoms with Crippen LogP contribution in [0.4, 0.5) is 14.9 Å². The van der Waals surface area contributed by atoms with Gasteiger partial charge in [0.2, 0.25) is 0 Å². The van der Waals surface area contributed by atoms with E-state index in [4.69, 9.17) is 32.7 Å². The molecule has 1 saturated carbocycles. The fraction of sp³-hybridized carbons (Fsp3) is 0.267. The minimum atomic E-state index is -0.783. The van der Waals surface area contributed by atoms with Crippen molar-refractivity contribution in [3.05, 3.63) is 103 Å². The number of halogens is 3. The van der Waals surface area contributed by atoms with Crippen molar-refractivity contribution in [2.24, 2.45) is 0 Å². The number of nitrogens with one attached hydrogen (secondary N) is 1. The molecule has 6 nitrogen and oxygen atoms in total. The Balaban J connectivity index is 1.31. The average Bonchev–Trinajstić information content (AvgIpc) is 3.66. The van der Waals surface area contributed by atoms with Crippen molar-refractivity contribution in [3.8, 4) is 0 Å². The topological polar surface area (TPSA) is 84.9 Å². The third-order valence-electron chi connectivity index (χ3n) is 7.31. The van der Waals surface area contributed by atoms with Crippen LogP contribution in [0.1, 0.15) is 59.8 Å². The molecule has 2 aliphatic rings. The van der Waals surface area contributed by atoms with Crippen LogP contribution in [0.5, 0.6) is 0 Å². The third-order valence-corrected chi connectivity index (χ3v) is 9.03. The summed E-state index contributed by atoms with van der Waals surface area (Å²) >= 11 is 13.8. The molecule has 40 heavy (non-hydrogen) atoms. The monoisotopic (exact) mass is 601 g/mol. The fourth-order valence-electron chi connectivity index (χ4n) is 4.97. The molecule has 2 aliphatic carbocycles. The predicted octanol–water partition coefficient (Wildman–Crippen LogP) is 8.72. The van der Waals surface area contributed by atoms with Crippen molar-refractivity contribution in [2.75, 3.05) is 12.4 Å². The molecule has 1 fully saturated rings. The SMILES string of the molecule is COC1=CC(c2sc(Cl)cc2NC(=O)O[C@H](C)c2ccc(F)cc2Cl)CC=C1c1ccc(C2(C(=O)O)CC2)cc1. The molecule has 0 aliphatic heterocycles. The Hall–Kier alpha value is -3.33. The van der Waals surface area contributed by atoms with Gasteiger partial charge < -0.3 is 14.6 Å². The van der Waals surface area contributed by atoms with Crippen molar-refractivity contribution in [3.63, 3.8) is 0 Å². The number of anilines is 1. The first kappa shape index (κ1) is 28.2. The molecule has 1 amide bonds. The van der Waals surface area contributed by atoms with Gasteiger partial charge in [0.1, 0.15) is 17.7 Å². The number of hydrogen-bond acceptors (Lipinski definition) is 5. The first-order valence-corrected chi connectivity index (χ1v) is 14.2. The second-order valence-electron chi connectivity index (χ2n) is 9.83. The normalized spacial score (nSPS) is 18.3. The van der Waals surface area contributed by atoms with E-state index in [9.17, 15) is 19.1 Å². The number of ether oxygens (including phenoxy) is 2. The van der Waals surface area contributed by atoms with Gasteiger partial charge in [0, 0.05) is 21.9 Å². The number of thiophene rings is 1. The molecule has 10 heteroatoms. The van der Waals surface area contributed by atoms with E-state index in [-0.39, 0.29) is 10.9 Å². The number of amides is 1. The maximum atomic E-state index is 13.4. The van der Waals surface area contributed by atoms with E-state index >= 15 is 0 Å². The number of carboxylic acid groups (broad SMARTS) is 1. The summed E-state index contributed by atoms with van der Waals surface area (Å²) in [4.78, 5) is 25.3. The maximum absolute atomic E-state index is 13.4. The second kappa shape index (κ2) is 11.3. The van der Waals surface area contributed by atoms with Crippen molar-refractivity contribution < 1.29 is 28.6 Å². The van der Waals surface area contributed by atoms with E-state index in [1.54, 1.807) is 20.1 Å². The molecule has 1 heterocycles. The van der Waals surface area contributed by atoms with E-state index in [2.05, 4.69) is 11.4 Å². The van der Waals surface area contributed by atoms with E-state index < -0.39 is 29.4 Å². The van der Waals surface area contributed by atoms with Gasteiger partial charge in [-0.2, -0.15) is 0 Å². The highest BCUT2D eigenvalue weighted by Gasteiger charge is 2.51.